The molecule has 0 radical (unpaired) electrons. The van der Waals surface area contributed by atoms with Crippen LogP contribution in [0, 0.1) is 12.3 Å². The molecule has 2 aromatic carbocycles. The van der Waals surface area contributed by atoms with Crippen LogP contribution in [0.5, 0.6) is 0 Å². The van der Waals surface area contributed by atoms with Crippen LogP contribution in [0.3, 0.4) is 0 Å². The molecule has 13 nitrogen and oxygen atoms in total. The SMILES string of the molecule is Cc1ccc(-c2cc(C(F)(F)F)nn2-c2ccc(S(=O)(=O)NC(=O)[C@@H]3CCCN3n3on3OC(C)OC(=O)C(C)(C)C)cc2)cc1. The van der Waals surface area contributed by atoms with Crippen LogP contribution in [0.2, 0.25) is 0 Å². The number of hydrogen-bond donors (Lipinski definition) is 1. The first-order valence-corrected chi connectivity index (χ1v) is 15.8. The molecule has 0 aliphatic carbocycles. The molecule has 0 spiro atoms. The van der Waals surface area contributed by atoms with Gasteiger partial charge < -0.3 is 9.57 Å². The minimum absolute atomic E-state index is 0.162. The second-order valence-corrected chi connectivity index (χ2v) is 13.6. The predicted molar refractivity (Wildman–Crippen MR) is 156 cm³/mol. The van der Waals surface area contributed by atoms with E-state index >= 15 is 0 Å². The molecule has 2 aromatic heterocycles. The fourth-order valence-corrected chi connectivity index (χ4v) is 5.63. The summed E-state index contributed by atoms with van der Waals surface area (Å²) in [6.45, 7) is 8.74. The van der Waals surface area contributed by atoms with Gasteiger partial charge in [-0.25, -0.2) is 22.8 Å². The zero-order chi connectivity index (χ0) is 33.6. The van der Waals surface area contributed by atoms with E-state index in [0.29, 0.717) is 24.9 Å². The molecule has 1 aliphatic rings. The lowest BCUT2D eigenvalue weighted by molar-refractivity contribution is -0.189. The average Bonchev–Trinajstić information content (AvgIpc) is 3.33. The maximum absolute atomic E-state index is 13.6. The van der Waals surface area contributed by atoms with E-state index in [1.54, 1.807) is 45.0 Å². The topological polar surface area (TPSA) is 143 Å². The van der Waals surface area contributed by atoms with Gasteiger partial charge in [0.25, 0.3) is 22.2 Å². The second kappa shape index (κ2) is 11.9. The molecule has 248 valence electrons. The van der Waals surface area contributed by atoms with E-state index in [2.05, 4.69) is 9.82 Å². The summed E-state index contributed by atoms with van der Waals surface area (Å²) in [6.07, 6.45) is -4.85. The van der Waals surface area contributed by atoms with Crippen molar-refractivity contribution in [2.24, 2.45) is 5.41 Å². The quantitative estimate of drug-likeness (QED) is 0.207. The molecule has 2 atom stereocenters. The van der Waals surface area contributed by atoms with Crippen LogP contribution in [-0.4, -0.2) is 58.9 Å². The van der Waals surface area contributed by atoms with Crippen LogP contribution in [0.15, 0.2) is 64.1 Å². The summed E-state index contributed by atoms with van der Waals surface area (Å²) in [4.78, 5) is 31.4. The van der Waals surface area contributed by atoms with Crippen molar-refractivity contribution >= 4 is 21.9 Å². The van der Waals surface area contributed by atoms with Gasteiger partial charge in [-0.15, -0.1) is 0 Å². The van der Waals surface area contributed by atoms with Crippen molar-refractivity contribution < 1.29 is 45.4 Å². The largest absolute Gasteiger partial charge is 0.435 e. The van der Waals surface area contributed by atoms with Gasteiger partial charge in [0.15, 0.2) is 5.69 Å². The van der Waals surface area contributed by atoms with Crippen LogP contribution in [0.25, 0.3) is 16.9 Å². The number of carbonyl (C=O) groups is 2. The highest BCUT2D eigenvalue weighted by atomic mass is 32.2. The first-order valence-electron chi connectivity index (χ1n) is 14.3. The summed E-state index contributed by atoms with van der Waals surface area (Å²) < 4.78 is 80.5. The van der Waals surface area contributed by atoms with E-state index in [1.165, 1.54) is 36.2 Å². The van der Waals surface area contributed by atoms with Crippen molar-refractivity contribution in [3.63, 3.8) is 0 Å². The second-order valence-electron chi connectivity index (χ2n) is 11.9. The molecule has 1 amide bonds. The standard InChI is InChI=1S/C29H33F3N6O7S/c1-18-8-10-20(11-9-18)24-17-25(29(30,31)32)33-36(24)21-12-14-22(15-13-21)46(41,42)34-26(39)23-7-6-16-35(23)37-38(45-37)44-19(2)43-27(40)28(3,4)5/h8-15,17,19,23H,6-7,16H2,1-5H3,(H,34,39)/t19?,23-,37?,38?/m0/s1. The lowest BCUT2D eigenvalue weighted by Gasteiger charge is -2.20. The Morgan fingerprint density at radius 3 is 2.33 bits per heavy atom. The van der Waals surface area contributed by atoms with Crippen molar-refractivity contribution in [2.45, 2.75) is 70.9 Å². The normalized spacial score (nSPS) is 16.4. The molecule has 5 rings (SSSR count). The van der Waals surface area contributed by atoms with E-state index in [0.717, 1.165) is 26.3 Å². The first kappa shape index (κ1) is 32.7. The molecule has 1 aliphatic heterocycles. The Bertz CT molecular complexity index is 1810. The van der Waals surface area contributed by atoms with Crippen LogP contribution >= 0.6 is 0 Å². The number of alkyl halides is 3. The Hall–Kier alpha value is -4.67. The number of sulfonamides is 1. The Kier molecular flexibility index (Phi) is 8.48. The fourth-order valence-electron chi connectivity index (χ4n) is 4.62. The van der Waals surface area contributed by atoms with Gasteiger partial charge in [-0.2, -0.15) is 22.9 Å². The van der Waals surface area contributed by atoms with Crippen LogP contribution < -0.4 is 14.6 Å². The number of amides is 1. The van der Waals surface area contributed by atoms with Crippen molar-refractivity contribution in [3.8, 4) is 16.9 Å². The van der Waals surface area contributed by atoms with Gasteiger partial charge in [0, 0.05) is 19.0 Å². The summed E-state index contributed by atoms with van der Waals surface area (Å²) in [5.74, 6) is -1.32. The van der Waals surface area contributed by atoms with Gasteiger partial charge in [-0.3, -0.25) is 9.59 Å². The number of aromatic nitrogens is 4. The molecule has 3 heterocycles. The minimum Gasteiger partial charge on any atom is -0.423 e. The molecule has 17 heteroatoms. The number of esters is 1. The third-order valence-corrected chi connectivity index (χ3v) is 8.47. The third kappa shape index (κ3) is 7.08. The molecule has 1 N–H and O–H groups in total. The Morgan fingerprint density at radius 2 is 1.72 bits per heavy atom. The number of ether oxygens (including phenoxy) is 1. The summed E-state index contributed by atoms with van der Waals surface area (Å²) in [7, 11) is -4.37. The van der Waals surface area contributed by atoms with Crippen LogP contribution in [-0.2, 0) is 30.5 Å². The molecule has 0 saturated carbocycles. The van der Waals surface area contributed by atoms with Gasteiger partial charge in [0.2, 0.25) is 0 Å². The van der Waals surface area contributed by atoms with E-state index in [9.17, 15) is 31.2 Å². The first-order chi connectivity index (χ1) is 21.4. The average molecular weight is 667 g/mol. The molecular weight excluding hydrogens is 633 g/mol. The van der Waals surface area contributed by atoms with Crippen LogP contribution in [0.1, 0.15) is 51.8 Å². The lowest BCUT2D eigenvalue weighted by Crippen LogP contribution is -2.49. The summed E-state index contributed by atoms with van der Waals surface area (Å²) in [5.41, 5.74) is -0.106. The van der Waals surface area contributed by atoms with Crippen molar-refractivity contribution in [2.75, 3.05) is 11.6 Å². The van der Waals surface area contributed by atoms with E-state index in [-0.39, 0.29) is 16.3 Å². The monoisotopic (exact) mass is 666 g/mol. The van der Waals surface area contributed by atoms with Crippen molar-refractivity contribution in [1.82, 2.24) is 24.5 Å². The summed E-state index contributed by atoms with van der Waals surface area (Å²) >= 11 is 0. The van der Waals surface area contributed by atoms with E-state index in [4.69, 9.17) is 14.2 Å². The van der Waals surface area contributed by atoms with Gasteiger partial charge in [0.05, 0.1) is 26.7 Å². The Labute approximate surface area is 262 Å². The lowest BCUT2D eigenvalue weighted by atomic mass is 9.97. The van der Waals surface area contributed by atoms with Crippen molar-refractivity contribution in [1.29, 1.82) is 0 Å². The minimum atomic E-state index is -4.70. The fraction of sp³-hybridized carbons (Fsp3) is 0.414. The maximum atomic E-state index is 13.6. The molecule has 4 aromatic rings. The number of rotatable bonds is 9. The van der Waals surface area contributed by atoms with Gasteiger partial charge in [-0.1, -0.05) is 29.8 Å². The smallest absolute Gasteiger partial charge is 0.423 e. The number of nitrogens with zero attached hydrogens (tertiary/aromatic N) is 5. The molecular formula is C29H33F3N6O7S. The molecule has 0 bridgehead atoms. The predicted octanol–water partition coefficient (Wildman–Crippen LogP) is 4.03. The number of aryl methyl sites for hydroxylation is 1. The highest BCUT2D eigenvalue weighted by Crippen LogP contribution is 2.33. The van der Waals surface area contributed by atoms with Crippen molar-refractivity contribution in [3.05, 3.63) is 65.9 Å². The molecule has 1 unspecified atom stereocenters. The zero-order valence-corrected chi connectivity index (χ0v) is 26.4. The number of nitrogens with one attached hydrogen (secondary N) is 1. The van der Waals surface area contributed by atoms with E-state index < -0.39 is 51.5 Å². The van der Waals surface area contributed by atoms with Gasteiger partial charge in [0.1, 0.15) is 11.1 Å². The van der Waals surface area contributed by atoms with Crippen LogP contribution in [0.4, 0.5) is 13.2 Å². The highest BCUT2D eigenvalue weighted by Gasteiger charge is 2.39. The van der Waals surface area contributed by atoms with E-state index in [1.807, 2.05) is 6.92 Å². The molecule has 46 heavy (non-hydrogen) atoms. The number of halogens is 3. The summed E-state index contributed by atoms with van der Waals surface area (Å²) in [5, 5.41) is 6.09. The molecule has 1 saturated heterocycles. The summed E-state index contributed by atoms with van der Waals surface area (Å²) in [6, 6.07) is 11.8. The Balaban J connectivity index is 1.28. The number of benzene rings is 2. The maximum Gasteiger partial charge on any atom is 0.435 e. The van der Waals surface area contributed by atoms with Gasteiger partial charge >= 0.3 is 12.1 Å². The number of carbonyl (C=O) groups excluding carboxylic acids is 2. The number of hydrogen-bond acceptors (Lipinski definition) is 9. The third-order valence-electron chi connectivity index (χ3n) is 7.10. The zero-order valence-electron chi connectivity index (χ0n) is 25.6. The Morgan fingerprint density at radius 1 is 1.07 bits per heavy atom. The highest BCUT2D eigenvalue weighted by molar-refractivity contribution is 7.90. The molecule has 1 fully saturated rings. The van der Waals surface area contributed by atoms with Gasteiger partial charge in [-0.05, 0) is 70.9 Å².